The largest absolute Gasteiger partial charge is 0.462 e. The van der Waals surface area contributed by atoms with Gasteiger partial charge in [0, 0.05) is 17.3 Å². The number of anilines is 1. The van der Waals surface area contributed by atoms with Crippen molar-refractivity contribution >= 4 is 23.1 Å². The molecule has 0 bridgehead atoms. The van der Waals surface area contributed by atoms with E-state index in [9.17, 15) is 4.79 Å². The van der Waals surface area contributed by atoms with Crippen LogP contribution in [0.15, 0.2) is 24.5 Å². The molecule has 0 spiro atoms. The monoisotopic (exact) mass is 277 g/mol. The second-order valence-electron chi connectivity index (χ2n) is 3.84. The van der Waals surface area contributed by atoms with Crippen LogP contribution in [0.2, 0.25) is 0 Å². The summed E-state index contributed by atoms with van der Waals surface area (Å²) < 4.78 is 4.99. The molecule has 5 nitrogen and oxygen atoms in total. The SMILES string of the molecule is CCOC(=O)c1cccnc1NCc1ncc(C)s1. The molecule has 0 radical (unpaired) electrons. The molecule has 0 aliphatic rings. The van der Waals surface area contributed by atoms with Crippen LogP contribution >= 0.6 is 11.3 Å². The molecule has 0 aliphatic heterocycles. The number of thiazole rings is 1. The van der Waals surface area contributed by atoms with Gasteiger partial charge in [-0.15, -0.1) is 11.3 Å². The van der Waals surface area contributed by atoms with Gasteiger partial charge < -0.3 is 10.1 Å². The van der Waals surface area contributed by atoms with Crippen molar-refractivity contribution in [3.8, 4) is 0 Å². The summed E-state index contributed by atoms with van der Waals surface area (Å²) in [7, 11) is 0. The van der Waals surface area contributed by atoms with Gasteiger partial charge in [-0.05, 0) is 26.0 Å². The summed E-state index contributed by atoms with van der Waals surface area (Å²) in [5.41, 5.74) is 0.442. The third-order valence-electron chi connectivity index (χ3n) is 2.38. The van der Waals surface area contributed by atoms with E-state index in [2.05, 4.69) is 15.3 Å². The maximum atomic E-state index is 11.8. The summed E-state index contributed by atoms with van der Waals surface area (Å²) in [6.45, 7) is 4.67. The molecule has 2 aromatic rings. The smallest absolute Gasteiger partial charge is 0.341 e. The standard InChI is InChI=1S/C13H15N3O2S/c1-3-18-13(17)10-5-4-6-14-12(10)16-8-11-15-7-9(2)19-11/h4-7H,3,8H2,1-2H3,(H,14,16). The first kappa shape index (κ1) is 13.5. The van der Waals surface area contributed by atoms with Crippen molar-refractivity contribution in [3.63, 3.8) is 0 Å². The van der Waals surface area contributed by atoms with E-state index in [1.165, 1.54) is 0 Å². The summed E-state index contributed by atoms with van der Waals surface area (Å²) in [6.07, 6.45) is 3.46. The zero-order valence-electron chi connectivity index (χ0n) is 10.8. The minimum absolute atomic E-state index is 0.346. The zero-order valence-corrected chi connectivity index (χ0v) is 11.7. The van der Waals surface area contributed by atoms with Crippen LogP contribution in [-0.4, -0.2) is 22.5 Å². The number of carbonyl (C=O) groups excluding carboxylic acids is 1. The van der Waals surface area contributed by atoms with E-state index in [-0.39, 0.29) is 5.97 Å². The lowest BCUT2D eigenvalue weighted by atomic mass is 10.2. The number of pyridine rings is 1. The fourth-order valence-corrected chi connectivity index (χ4v) is 2.29. The van der Waals surface area contributed by atoms with Crippen LogP contribution in [0, 0.1) is 6.92 Å². The molecular formula is C13H15N3O2S. The fraction of sp³-hybridized carbons (Fsp3) is 0.308. The Balaban J connectivity index is 2.09. The van der Waals surface area contributed by atoms with Crippen LogP contribution in [0.3, 0.4) is 0 Å². The number of esters is 1. The average Bonchev–Trinajstić information content (AvgIpc) is 2.83. The van der Waals surface area contributed by atoms with Gasteiger partial charge in [0.2, 0.25) is 0 Å². The van der Waals surface area contributed by atoms with E-state index < -0.39 is 0 Å². The second-order valence-corrected chi connectivity index (χ2v) is 5.16. The highest BCUT2D eigenvalue weighted by Crippen LogP contribution is 2.16. The number of nitrogens with zero attached hydrogens (tertiary/aromatic N) is 2. The van der Waals surface area contributed by atoms with Crippen molar-refractivity contribution in [2.45, 2.75) is 20.4 Å². The summed E-state index contributed by atoms with van der Waals surface area (Å²) in [5, 5.41) is 4.07. The molecule has 0 saturated heterocycles. The molecule has 2 rings (SSSR count). The summed E-state index contributed by atoms with van der Waals surface area (Å²) >= 11 is 1.61. The third kappa shape index (κ3) is 3.51. The molecule has 0 aliphatic carbocycles. The molecule has 0 amide bonds. The average molecular weight is 277 g/mol. The molecule has 0 aromatic carbocycles. The molecule has 0 saturated carbocycles. The van der Waals surface area contributed by atoms with Crippen LogP contribution < -0.4 is 5.32 Å². The van der Waals surface area contributed by atoms with Crippen molar-refractivity contribution in [1.82, 2.24) is 9.97 Å². The quantitative estimate of drug-likeness (QED) is 0.851. The lowest BCUT2D eigenvalue weighted by molar-refractivity contribution is 0.0527. The Morgan fingerprint density at radius 1 is 1.47 bits per heavy atom. The number of aromatic nitrogens is 2. The molecule has 0 fully saturated rings. The molecule has 0 atom stereocenters. The lowest BCUT2D eigenvalue weighted by Crippen LogP contribution is -2.11. The van der Waals surface area contributed by atoms with Gasteiger partial charge in [-0.2, -0.15) is 0 Å². The van der Waals surface area contributed by atoms with Crippen LogP contribution in [0.5, 0.6) is 0 Å². The van der Waals surface area contributed by atoms with Crippen molar-refractivity contribution in [2.75, 3.05) is 11.9 Å². The molecule has 100 valence electrons. The Kier molecular flexibility index (Phi) is 4.46. The van der Waals surface area contributed by atoms with Crippen LogP contribution in [-0.2, 0) is 11.3 Å². The van der Waals surface area contributed by atoms with E-state index in [4.69, 9.17) is 4.74 Å². The minimum atomic E-state index is -0.367. The Hall–Kier alpha value is -1.95. The summed E-state index contributed by atoms with van der Waals surface area (Å²) in [5.74, 6) is 0.155. The molecule has 2 heterocycles. The zero-order chi connectivity index (χ0) is 13.7. The van der Waals surface area contributed by atoms with Crippen molar-refractivity contribution in [1.29, 1.82) is 0 Å². The molecule has 2 aromatic heterocycles. The Bertz CT molecular complexity index is 569. The maximum Gasteiger partial charge on any atom is 0.341 e. The Morgan fingerprint density at radius 3 is 3.00 bits per heavy atom. The highest BCUT2D eigenvalue weighted by atomic mass is 32.1. The number of ether oxygens (including phenoxy) is 1. The molecule has 19 heavy (non-hydrogen) atoms. The molecule has 1 N–H and O–H groups in total. The fourth-order valence-electron chi connectivity index (χ4n) is 1.56. The first-order valence-corrected chi connectivity index (χ1v) is 6.79. The van der Waals surface area contributed by atoms with E-state index in [1.54, 1.807) is 36.6 Å². The maximum absolute atomic E-state index is 11.8. The predicted octanol–water partition coefficient (Wildman–Crippen LogP) is 2.64. The number of carbonyl (C=O) groups is 1. The number of aryl methyl sites for hydroxylation is 1. The minimum Gasteiger partial charge on any atom is -0.462 e. The summed E-state index contributed by atoms with van der Waals surface area (Å²) in [4.78, 5) is 21.3. The van der Waals surface area contributed by atoms with Gasteiger partial charge in [0.1, 0.15) is 16.4 Å². The van der Waals surface area contributed by atoms with Gasteiger partial charge in [0.05, 0.1) is 13.2 Å². The lowest BCUT2D eigenvalue weighted by Gasteiger charge is -2.08. The van der Waals surface area contributed by atoms with Gasteiger partial charge in [0.15, 0.2) is 0 Å². The van der Waals surface area contributed by atoms with Crippen molar-refractivity contribution in [3.05, 3.63) is 40.0 Å². The molecular weight excluding hydrogens is 262 g/mol. The normalized spacial score (nSPS) is 10.2. The molecule has 6 heteroatoms. The van der Waals surface area contributed by atoms with E-state index >= 15 is 0 Å². The molecule has 0 unspecified atom stereocenters. The first-order valence-electron chi connectivity index (χ1n) is 5.98. The topological polar surface area (TPSA) is 64.1 Å². The highest BCUT2D eigenvalue weighted by Gasteiger charge is 2.13. The van der Waals surface area contributed by atoms with Crippen LogP contribution in [0.25, 0.3) is 0 Å². The highest BCUT2D eigenvalue weighted by molar-refractivity contribution is 7.11. The second kappa shape index (κ2) is 6.29. The van der Waals surface area contributed by atoms with Gasteiger partial charge in [-0.3, -0.25) is 0 Å². The number of rotatable bonds is 5. The van der Waals surface area contributed by atoms with Gasteiger partial charge in [-0.1, -0.05) is 0 Å². The van der Waals surface area contributed by atoms with E-state index in [0.29, 0.717) is 24.5 Å². The van der Waals surface area contributed by atoms with Gasteiger partial charge in [0.25, 0.3) is 0 Å². The van der Waals surface area contributed by atoms with Gasteiger partial charge >= 0.3 is 5.97 Å². The van der Waals surface area contributed by atoms with Crippen LogP contribution in [0.1, 0.15) is 27.2 Å². The number of hydrogen-bond donors (Lipinski definition) is 1. The summed E-state index contributed by atoms with van der Waals surface area (Å²) in [6, 6.07) is 3.41. The number of hydrogen-bond acceptors (Lipinski definition) is 6. The Morgan fingerprint density at radius 2 is 2.32 bits per heavy atom. The van der Waals surface area contributed by atoms with E-state index in [1.807, 2.05) is 13.1 Å². The van der Waals surface area contributed by atoms with Crippen LogP contribution in [0.4, 0.5) is 5.82 Å². The Labute approximate surface area is 115 Å². The first-order chi connectivity index (χ1) is 9.20. The van der Waals surface area contributed by atoms with E-state index in [0.717, 1.165) is 9.88 Å². The number of nitrogens with one attached hydrogen (secondary N) is 1. The predicted molar refractivity (Wildman–Crippen MR) is 74.4 cm³/mol. The third-order valence-corrected chi connectivity index (χ3v) is 3.29. The van der Waals surface area contributed by atoms with Crippen molar-refractivity contribution in [2.24, 2.45) is 0 Å². The van der Waals surface area contributed by atoms with Gasteiger partial charge in [-0.25, -0.2) is 14.8 Å². The van der Waals surface area contributed by atoms with Crippen molar-refractivity contribution < 1.29 is 9.53 Å².